The Morgan fingerprint density at radius 2 is 2.12 bits per heavy atom. The molecule has 0 saturated carbocycles. The molecule has 0 radical (unpaired) electrons. The lowest BCUT2D eigenvalue weighted by Gasteiger charge is -2.30. The van der Waals surface area contributed by atoms with Crippen LogP contribution in [-0.2, 0) is 11.3 Å². The molecular formula is C17H20N4O2S. The Hall–Kier alpha value is -1.96. The molecule has 1 fully saturated rings. The first-order valence-electron chi connectivity index (χ1n) is 8.16. The van der Waals surface area contributed by atoms with Crippen LogP contribution in [-0.4, -0.2) is 54.3 Å². The molecule has 4 rings (SSSR count). The molecule has 0 spiro atoms. The van der Waals surface area contributed by atoms with E-state index in [0.717, 1.165) is 61.2 Å². The molecule has 0 aliphatic carbocycles. The first-order chi connectivity index (χ1) is 11.9. The maximum Gasteiger partial charge on any atom is 0.150 e. The van der Waals surface area contributed by atoms with E-state index in [1.807, 2.05) is 18.2 Å². The van der Waals surface area contributed by atoms with Crippen molar-refractivity contribution in [2.24, 2.45) is 0 Å². The highest BCUT2D eigenvalue weighted by atomic mass is 32.1. The summed E-state index contributed by atoms with van der Waals surface area (Å²) in [6.07, 6.45) is 3.37. The van der Waals surface area contributed by atoms with Gasteiger partial charge in [0.25, 0.3) is 0 Å². The number of nitrogens with zero attached hydrogens (tertiary/aromatic N) is 4. The first kappa shape index (κ1) is 15.6. The summed E-state index contributed by atoms with van der Waals surface area (Å²) in [5.41, 5.74) is 1.00. The molecule has 0 unspecified atom stereocenters. The van der Waals surface area contributed by atoms with Gasteiger partial charge in [0.1, 0.15) is 17.9 Å². The van der Waals surface area contributed by atoms with Crippen molar-refractivity contribution >= 4 is 27.4 Å². The smallest absolute Gasteiger partial charge is 0.150 e. The summed E-state index contributed by atoms with van der Waals surface area (Å²) in [5, 5.41) is 2.07. The van der Waals surface area contributed by atoms with Crippen LogP contribution in [0, 0.1) is 0 Å². The van der Waals surface area contributed by atoms with E-state index in [0.29, 0.717) is 6.54 Å². The van der Waals surface area contributed by atoms with Crippen LogP contribution in [0.25, 0.3) is 10.2 Å². The highest BCUT2D eigenvalue weighted by molar-refractivity contribution is 7.17. The van der Waals surface area contributed by atoms with Gasteiger partial charge in [-0.3, -0.25) is 4.90 Å². The minimum atomic E-state index is 0.710. The number of ether oxygens (including phenoxy) is 1. The van der Waals surface area contributed by atoms with Crippen molar-refractivity contribution in [3.8, 4) is 0 Å². The Bertz CT molecular complexity index is 768. The summed E-state index contributed by atoms with van der Waals surface area (Å²) in [6.45, 7) is 6.22. The number of furan rings is 1. The van der Waals surface area contributed by atoms with Crippen LogP contribution in [0.15, 0.2) is 40.6 Å². The second-order valence-corrected chi connectivity index (χ2v) is 6.70. The van der Waals surface area contributed by atoms with E-state index in [9.17, 15) is 0 Å². The van der Waals surface area contributed by atoms with E-state index >= 15 is 0 Å². The van der Waals surface area contributed by atoms with Gasteiger partial charge < -0.3 is 14.1 Å². The third kappa shape index (κ3) is 3.43. The van der Waals surface area contributed by atoms with Crippen molar-refractivity contribution < 1.29 is 9.15 Å². The predicted octanol–water partition coefficient (Wildman–Crippen LogP) is 2.62. The number of fused-ring (bicyclic) bond motifs is 1. The first-order valence-corrected chi connectivity index (χ1v) is 9.04. The van der Waals surface area contributed by atoms with Gasteiger partial charge in [0.05, 0.1) is 36.2 Å². The lowest BCUT2D eigenvalue weighted by Crippen LogP contribution is -2.41. The maximum absolute atomic E-state index is 5.56. The molecule has 0 bridgehead atoms. The summed E-state index contributed by atoms with van der Waals surface area (Å²) >= 11 is 1.69. The van der Waals surface area contributed by atoms with E-state index in [4.69, 9.17) is 9.15 Å². The van der Waals surface area contributed by atoms with Crippen LogP contribution in [0.4, 0.5) is 5.82 Å². The van der Waals surface area contributed by atoms with Crippen molar-refractivity contribution in [2.45, 2.75) is 6.54 Å². The molecule has 0 amide bonds. The lowest BCUT2D eigenvalue weighted by molar-refractivity contribution is 0.0391. The average molecular weight is 344 g/mol. The Kier molecular flexibility index (Phi) is 4.73. The summed E-state index contributed by atoms with van der Waals surface area (Å²) in [6, 6.07) is 5.98. The van der Waals surface area contributed by atoms with Crippen molar-refractivity contribution in [1.82, 2.24) is 14.9 Å². The van der Waals surface area contributed by atoms with Crippen LogP contribution in [0.1, 0.15) is 5.76 Å². The number of anilines is 1. The molecular weight excluding hydrogens is 324 g/mol. The molecule has 6 nitrogen and oxygen atoms in total. The topological polar surface area (TPSA) is 54.6 Å². The highest BCUT2D eigenvalue weighted by Gasteiger charge is 2.17. The Balaban J connectivity index is 1.56. The minimum Gasteiger partial charge on any atom is -0.467 e. The van der Waals surface area contributed by atoms with Crippen molar-refractivity contribution in [3.05, 3.63) is 41.9 Å². The molecule has 3 aromatic heterocycles. The second kappa shape index (κ2) is 7.29. The average Bonchev–Trinajstić information content (AvgIpc) is 3.30. The number of hydrogen-bond acceptors (Lipinski definition) is 7. The molecule has 1 saturated heterocycles. The zero-order valence-electron chi connectivity index (χ0n) is 13.4. The molecule has 0 atom stereocenters. The van der Waals surface area contributed by atoms with Gasteiger partial charge in [0, 0.05) is 26.2 Å². The second-order valence-electron chi connectivity index (χ2n) is 5.79. The van der Waals surface area contributed by atoms with Gasteiger partial charge in [-0.25, -0.2) is 9.97 Å². The Labute approximate surface area is 144 Å². The van der Waals surface area contributed by atoms with E-state index < -0.39 is 0 Å². The lowest BCUT2D eigenvalue weighted by atomic mass is 10.3. The molecule has 1 aliphatic heterocycles. The summed E-state index contributed by atoms with van der Waals surface area (Å²) in [4.78, 5) is 13.6. The summed E-state index contributed by atoms with van der Waals surface area (Å²) < 4.78 is 12.1. The van der Waals surface area contributed by atoms with Crippen LogP contribution < -0.4 is 4.90 Å². The molecule has 0 aromatic carbocycles. The van der Waals surface area contributed by atoms with Crippen molar-refractivity contribution in [2.75, 3.05) is 44.3 Å². The fraction of sp³-hybridized carbons (Fsp3) is 0.412. The Morgan fingerprint density at radius 3 is 2.96 bits per heavy atom. The van der Waals surface area contributed by atoms with Crippen LogP contribution >= 0.6 is 11.3 Å². The predicted molar refractivity (Wildman–Crippen MR) is 94.4 cm³/mol. The van der Waals surface area contributed by atoms with Crippen molar-refractivity contribution in [1.29, 1.82) is 0 Å². The maximum atomic E-state index is 5.56. The minimum absolute atomic E-state index is 0.710. The molecule has 7 heteroatoms. The van der Waals surface area contributed by atoms with Crippen LogP contribution in [0.3, 0.4) is 0 Å². The largest absolute Gasteiger partial charge is 0.467 e. The van der Waals surface area contributed by atoms with Gasteiger partial charge in [0.2, 0.25) is 0 Å². The summed E-state index contributed by atoms with van der Waals surface area (Å²) in [5.74, 6) is 1.93. The number of thiophene rings is 1. The number of aromatic nitrogens is 2. The fourth-order valence-corrected chi connectivity index (χ4v) is 3.80. The molecule has 4 heterocycles. The molecule has 0 N–H and O–H groups in total. The SMILES string of the molecule is c1coc(CN(CCN2CCOCC2)c2ncnc3ccsc23)c1. The number of hydrogen-bond donors (Lipinski definition) is 0. The normalized spacial score (nSPS) is 15.8. The van der Waals surface area contributed by atoms with Gasteiger partial charge in [-0.15, -0.1) is 11.3 Å². The third-order valence-electron chi connectivity index (χ3n) is 4.24. The van der Waals surface area contributed by atoms with Gasteiger partial charge in [-0.1, -0.05) is 0 Å². The zero-order chi connectivity index (χ0) is 16.2. The number of morpholine rings is 1. The summed E-state index contributed by atoms with van der Waals surface area (Å²) in [7, 11) is 0. The molecule has 24 heavy (non-hydrogen) atoms. The standard InChI is InChI=1S/C17H20N4O2S/c1-2-14(23-8-1)12-21(5-4-20-6-9-22-10-7-20)17-16-15(3-11-24-16)18-13-19-17/h1-3,8,11,13H,4-7,9-10,12H2. The highest BCUT2D eigenvalue weighted by Crippen LogP contribution is 2.28. The third-order valence-corrected chi connectivity index (χ3v) is 5.14. The zero-order valence-corrected chi connectivity index (χ0v) is 14.2. The van der Waals surface area contributed by atoms with Crippen LogP contribution in [0.5, 0.6) is 0 Å². The van der Waals surface area contributed by atoms with E-state index in [1.165, 1.54) is 0 Å². The van der Waals surface area contributed by atoms with Crippen LogP contribution in [0.2, 0.25) is 0 Å². The molecule has 3 aromatic rings. The van der Waals surface area contributed by atoms with E-state index in [-0.39, 0.29) is 0 Å². The van der Waals surface area contributed by atoms with E-state index in [2.05, 4.69) is 25.1 Å². The monoisotopic (exact) mass is 344 g/mol. The van der Waals surface area contributed by atoms with Gasteiger partial charge in [-0.05, 0) is 23.6 Å². The number of rotatable bonds is 6. The van der Waals surface area contributed by atoms with Gasteiger partial charge >= 0.3 is 0 Å². The molecule has 1 aliphatic rings. The van der Waals surface area contributed by atoms with Gasteiger partial charge in [-0.2, -0.15) is 0 Å². The van der Waals surface area contributed by atoms with E-state index in [1.54, 1.807) is 23.9 Å². The molecule has 126 valence electrons. The van der Waals surface area contributed by atoms with Gasteiger partial charge in [0.15, 0.2) is 0 Å². The Morgan fingerprint density at radius 1 is 1.21 bits per heavy atom. The quantitative estimate of drug-likeness (QED) is 0.685. The van der Waals surface area contributed by atoms with Crippen molar-refractivity contribution in [3.63, 3.8) is 0 Å². The fourth-order valence-electron chi connectivity index (χ4n) is 2.94.